The molecular formula is C23H18N2O4S2. The van der Waals surface area contributed by atoms with Crippen molar-refractivity contribution in [3.05, 3.63) is 81.7 Å². The summed E-state index contributed by atoms with van der Waals surface area (Å²) in [6.07, 6.45) is 0.176. The highest BCUT2D eigenvalue weighted by Gasteiger charge is 2.25. The number of aromatic nitrogens is 2. The van der Waals surface area contributed by atoms with E-state index in [4.69, 9.17) is 4.74 Å². The molecule has 0 aliphatic heterocycles. The number of fused-ring (bicyclic) bond motifs is 1. The fourth-order valence-corrected chi connectivity index (χ4v) is 4.61. The Morgan fingerprint density at radius 3 is 2.35 bits per heavy atom. The van der Waals surface area contributed by atoms with Crippen molar-refractivity contribution in [1.82, 2.24) is 8.75 Å². The Balaban J connectivity index is 1.89. The lowest BCUT2D eigenvalue weighted by Crippen LogP contribution is -2.13. The molecule has 2 aromatic carbocycles. The van der Waals surface area contributed by atoms with Gasteiger partial charge in [0, 0.05) is 22.4 Å². The molecule has 0 saturated carbocycles. The molecule has 0 aliphatic rings. The molecule has 156 valence electrons. The Bertz CT molecular complexity index is 1300. The molecule has 0 radical (unpaired) electrons. The van der Waals surface area contributed by atoms with Gasteiger partial charge in [-0.15, -0.1) is 11.3 Å². The van der Waals surface area contributed by atoms with Gasteiger partial charge in [0.25, 0.3) is 0 Å². The van der Waals surface area contributed by atoms with E-state index in [0.717, 1.165) is 22.2 Å². The number of carbonyl (C=O) groups excluding carboxylic acids is 1. The number of Topliss-reactive ketones (excluding diaryl/α,β-unsaturated/α-hetero) is 1. The molecule has 0 amide bonds. The minimum atomic E-state index is -1.17. The van der Waals surface area contributed by atoms with Crippen molar-refractivity contribution in [3.8, 4) is 5.06 Å². The van der Waals surface area contributed by atoms with E-state index in [2.05, 4.69) is 8.75 Å². The van der Waals surface area contributed by atoms with Crippen molar-refractivity contribution in [1.29, 1.82) is 0 Å². The van der Waals surface area contributed by atoms with Crippen LogP contribution in [0.25, 0.3) is 16.6 Å². The van der Waals surface area contributed by atoms with Gasteiger partial charge in [-0.05, 0) is 36.8 Å². The van der Waals surface area contributed by atoms with E-state index in [9.17, 15) is 14.7 Å². The molecule has 6 nitrogen and oxygen atoms in total. The summed E-state index contributed by atoms with van der Waals surface area (Å²) in [6, 6.07) is 15.8. The maximum Gasteiger partial charge on any atom is 0.336 e. The number of aliphatic carboxylic acids is 1. The Kier molecular flexibility index (Phi) is 5.92. The second-order valence-corrected chi connectivity index (χ2v) is 8.58. The zero-order chi connectivity index (χ0) is 22.0. The van der Waals surface area contributed by atoms with E-state index in [0.29, 0.717) is 27.2 Å². The standard InChI is InChI=1S/C23H18N2O4S2/c1-13-3-5-14(6-4-13)22(26)17(12-16-8-10-20(29-2)30-16)21(23(27)28)15-7-9-18-19(11-15)25-31-24-18/h3-11H,12H2,1-2H3,(H,27,28). The largest absolute Gasteiger partial charge is 0.487 e. The van der Waals surface area contributed by atoms with Crippen LogP contribution in [0.3, 0.4) is 0 Å². The zero-order valence-corrected chi connectivity index (χ0v) is 18.4. The summed E-state index contributed by atoms with van der Waals surface area (Å²) in [7, 11) is 1.57. The first-order chi connectivity index (χ1) is 15.0. The summed E-state index contributed by atoms with van der Waals surface area (Å²) in [4.78, 5) is 26.7. The molecule has 0 spiro atoms. The fourth-order valence-electron chi connectivity index (χ4n) is 3.26. The lowest BCUT2D eigenvalue weighted by molar-refractivity contribution is -0.130. The average molecular weight is 451 g/mol. The smallest absolute Gasteiger partial charge is 0.336 e. The summed E-state index contributed by atoms with van der Waals surface area (Å²) < 4.78 is 13.6. The molecule has 0 saturated heterocycles. The number of allylic oxidation sites excluding steroid dienone is 1. The van der Waals surface area contributed by atoms with Crippen molar-refractivity contribution in [2.45, 2.75) is 13.3 Å². The van der Waals surface area contributed by atoms with Gasteiger partial charge in [-0.25, -0.2) is 4.79 Å². The van der Waals surface area contributed by atoms with E-state index in [1.807, 2.05) is 25.1 Å². The van der Waals surface area contributed by atoms with Gasteiger partial charge in [0.15, 0.2) is 10.8 Å². The first-order valence-corrected chi connectivity index (χ1v) is 10.9. The zero-order valence-electron chi connectivity index (χ0n) is 16.8. The third-order valence-electron chi connectivity index (χ3n) is 4.84. The second-order valence-electron chi connectivity index (χ2n) is 6.92. The van der Waals surface area contributed by atoms with Crippen molar-refractivity contribution in [2.24, 2.45) is 0 Å². The number of benzene rings is 2. The summed E-state index contributed by atoms with van der Waals surface area (Å²) in [5.41, 5.74) is 3.35. The van der Waals surface area contributed by atoms with Gasteiger partial charge in [0.1, 0.15) is 11.0 Å². The summed E-state index contributed by atoms with van der Waals surface area (Å²) in [6.45, 7) is 1.93. The number of hydrogen-bond donors (Lipinski definition) is 1. The predicted octanol–water partition coefficient (Wildman–Crippen LogP) is 5.03. The number of carboxylic acid groups (broad SMARTS) is 1. The second kappa shape index (κ2) is 8.79. The van der Waals surface area contributed by atoms with Gasteiger partial charge in [-0.3, -0.25) is 4.79 Å². The number of ether oxygens (including phenoxy) is 1. The molecule has 1 N–H and O–H groups in total. The Hall–Kier alpha value is -3.36. The highest BCUT2D eigenvalue weighted by Crippen LogP contribution is 2.31. The van der Waals surface area contributed by atoms with Gasteiger partial charge < -0.3 is 9.84 Å². The van der Waals surface area contributed by atoms with Gasteiger partial charge >= 0.3 is 5.97 Å². The third-order valence-corrected chi connectivity index (χ3v) is 6.44. The van der Waals surface area contributed by atoms with E-state index < -0.39 is 5.97 Å². The van der Waals surface area contributed by atoms with Gasteiger partial charge in [-0.1, -0.05) is 35.9 Å². The van der Waals surface area contributed by atoms with Gasteiger partial charge in [0.05, 0.1) is 24.4 Å². The maximum absolute atomic E-state index is 13.5. The first kappa shape index (κ1) is 20.9. The van der Waals surface area contributed by atoms with Crippen LogP contribution in [0.1, 0.15) is 26.4 Å². The van der Waals surface area contributed by atoms with Crippen LogP contribution in [0.15, 0.2) is 60.2 Å². The minimum Gasteiger partial charge on any atom is -0.487 e. The van der Waals surface area contributed by atoms with Crippen molar-refractivity contribution < 1.29 is 19.4 Å². The van der Waals surface area contributed by atoms with Gasteiger partial charge in [-0.2, -0.15) is 8.75 Å². The molecular weight excluding hydrogens is 432 g/mol. The fraction of sp³-hybridized carbons (Fsp3) is 0.130. The van der Waals surface area contributed by atoms with E-state index >= 15 is 0 Å². The van der Waals surface area contributed by atoms with Gasteiger partial charge in [0.2, 0.25) is 0 Å². The normalized spacial score (nSPS) is 11.9. The first-order valence-electron chi connectivity index (χ1n) is 9.39. The number of aryl methyl sites for hydroxylation is 1. The van der Waals surface area contributed by atoms with Crippen molar-refractivity contribution in [3.63, 3.8) is 0 Å². The molecule has 31 heavy (non-hydrogen) atoms. The third kappa shape index (κ3) is 4.40. The summed E-state index contributed by atoms with van der Waals surface area (Å²) in [5.74, 6) is -1.48. The molecule has 4 aromatic rings. The minimum absolute atomic E-state index is 0.0344. The number of carbonyl (C=O) groups is 2. The molecule has 2 heterocycles. The molecule has 4 rings (SSSR count). The molecule has 8 heteroatoms. The Morgan fingerprint density at radius 2 is 1.68 bits per heavy atom. The number of methoxy groups -OCH3 is 1. The number of rotatable bonds is 7. The Labute approximate surface area is 186 Å². The average Bonchev–Trinajstić information content (AvgIpc) is 3.42. The molecule has 0 unspecified atom stereocenters. The van der Waals surface area contributed by atoms with Crippen LogP contribution < -0.4 is 4.74 Å². The van der Waals surface area contributed by atoms with E-state index in [1.165, 1.54) is 11.3 Å². The quantitative estimate of drug-likeness (QED) is 0.314. The molecule has 0 aliphatic carbocycles. The summed E-state index contributed by atoms with van der Waals surface area (Å²) in [5, 5.41) is 10.8. The van der Waals surface area contributed by atoms with Crippen LogP contribution in [-0.2, 0) is 11.2 Å². The lowest BCUT2D eigenvalue weighted by atomic mass is 9.91. The van der Waals surface area contributed by atoms with Crippen LogP contribution in [0.5, 0.6) is 5.06 Å². The van der Waals surface area contributed by atoms with Crippen LogP contribution in [0.2, 0.25) is 0 Å². The number of ketones is 1. The molecule has 0 fully saturated rings. The number of hydrogen-bond acceptors (Lipinski definition) is 7. The maximum atomic E-state index is 13.5. The van der Waals surface area contributed by atoms with E-state index in [1.54, 1.807) is 43.5 Å². The highest BCUT2D eigenvalue weighted by molar-refractivity contribution is 7.13. The Morgan fingerprint density at radius 1 is 0.968 bits per heavy atom. The highest BCUT2D eigenvalue weighted by atomic mass is 32.1. The van der Waals surface area contributed by atoms with Crippen molar-refractivity contribution >= 4 is 51.4 Å². The van der Waals surface area contributed by atoms with Crippen molar-refractivity contribution in [2.75, 3.05) is 7.11 Å². The molecule has 0 bridgehead atoms. The van der Waals surface area contributed by atoms with E-state index in [-0.39, 0.29) is 23.4 Å². The molecule has 2 aromatic heterocycles. The number of carboxylic acids is 1. The summed E-state index contributed by atoms with van der Waals surface area (Å²) >= 11 is 2.44. The topological polar surface area (TPSA) is 89.4 Å². The van der Waals surface area contributed by atoms with Crippen LogP contribution in [0.4, 0.5) is 0 Å². The number of thiophene rings is 1. The monoisotopic (exact) mass is 450 g/mol. The van der Waals surface area contributed by atoms with Crippen LogP contribution in [-0.4, -0.2) is 32.7 Å². The van der Waals surface area contributed by atoms with Crippen LogP contribution >= 0.6 is 23.1 Å². The predicted molar refractivity (Wildman–Crippen MR) is 122 cm³/mol. The SMILES string of the molecule is COc1ccc(CC(C(=O)c2ccc(C)cc2)=C(C(=O)O)c2ccc3nsnc3c2)s1. The van der Waals surface area contributed by atoms with Crippen LogP contribution in [0, 0.1) is 6.92 Å². The number of nitrogens with zero attached hydrogens (tertiary/aromatic N) is 2. The molecule has 0 atom stereocenters. The lowest BCUT2D eigenvalue weighted by Gasteiger charge is -2.12.